The lowest BCUT2D eigenvalue weighted by Crippen LogP contribution is -2.19. The summed E-state index contributed by atoms with van der Waals surface area (Å²) in [5.74, 6) is 0.207. The van der Waals surface area contributed by atoms with Crippen LogP contribution in [0.1, 0.15) is 17.4 Å². The van der Waals surface area contributed by atoms with E-state index in [9.17, 15) is 9.59 Å². The van der Waals surface area contributed by atoms with Crippen molar-refractivity contribution in [2.75, 3.05) is 22.6 Å². The summed E-state index contributed by atoms with van der Waals surface area (Å²) in [4.78, 5) is 28.6. The van der Waals surface area contributed by atoms with Crippen LogP contribution in [0.15, 0.2) is 60.0 Å². The molecule has 27 heavy (non-hydrogen) atoms. The van der Waals surface area contributed by atoms with Gasteiger partial charge in [0.1, 0.15) is 11.4 Å². The van der Waals surface area contributed by atoms with Gasteiger partial charge in [0.2, 0.25) is 0 Å². The molecule has 0 bridgehead atoms. The predicted octanol–water partition coefficient (Wildman–Crippen LogP) is 4.44. The molecule has 3 N–H and O–H groups in total. The zero-order valence-electron chi connectivity index (χ0n) is 14.6. The molecule has 0 saturated carbocycles. The summed E-state index contributed by atoms with van der Waals surface area (Å²) in [7, 11) is 0. The first kappa shape index (κ1) is 18.4. The molecule has 3 amide bonds. The highest BCUT2D eigenvalue weighted by Gasteiger charge is 2.14. The van der Waals surface area contributed by atoms with Crippen molar-refractivity contribution < 1.29 is 14.3 Å². The van der Waals surface area contributed by atoms with E-state index in [-0.39, 0.29) is 11.6 Å². The van der Waals surface area contributed by atoms with Gasteiger partial charge in [0.25, 0.3) is 5.91 Å². The molecule has 2 aromatic carbocycles. The van der Waals surface area contributed by atoms with Crippen molar-refractivity contribution >= 4 is 39.8 Å². The highest BCUT2D eigenvalue weighted by atomic mass is 32.1. The van der Waals surface area contributed by atoms with Crippen molar-refractivity contribution in [1.82, 2.24) is 4.98 Å². The quantitative estimate of drug-likeness (QED) is 0.588. The van der Waals surface area contributed by atoms with Crippen LogP contribution in [0.4, 0.5) is 21.3 Å². The standard InChI is InChI=1S/C19H18N4O3S/c1-2-26-16-11-7-6-10-14(16)21-17(24)15-12-27-19(22-15)23-18(25)20-13-8-4-3-5-9-13/h3-12H,2H2,1H3,(H,21,24)(H2,20,22,23,25). The Kier molecular flexibility index (Phi) is 6.01. The third-order valence-corrected chi connectivity index (χ3v) is 4.18. The first-order chi connectivity index (χ1) is 13.2. The largest absolute Gasteiger partial charge is 0.492 e. The number of urea groups is 1. The normalized spacial score (nSPS) is 10.1. The summed E-state index contributed by atoms with van der Waals surface area (Å²) >= 11 is 1.17. The fourth-order valence-electron chi connectivity index (χ4n) is 2.25. The highest BCUT2D eigenvalue weighted by molar-refractivity contribution is 7.14. The second kappa shape index (κ2) is 8.81. The van der Waals surface area contributed by atoms with Gasteiger partial charge in [-0.1, -0.05) is 30.3 Å². The summed E-state index contributed by atoms with van der Waals surface area (Å²) in [6.07, 6.45) is 0. The molecule has 0 fully saturated rings. The molecule has 0 aliphatic heterocycles. The molecular weight excluding hydrogens is 364 g/mol. The van der Waals surface area contributed by atoms with E-state index in [4.69, 9.17) is 4.74 Å². The van der Waals surface area contributed by atoms with Crippen LogP contribution in [0.3, 0.4) is 0 Å². The Morgan fingerprint density at radius 3 is 2.52 bits per heavy atom. The Morgan fingerprint density at radius 2 is 1.74 bits per heavy atom. The average Bonchev–Trinajstić information content (AvgIpc) is 3.13. The molecule has 8 heteroatoms. The first-order valence-electron chi connectivity index (χ1n) is 8.27. The van der Waals surface area contributed by atoms with Gasteiger partial charge in [-0.2, -0.15) is 0 Å². The smallest absolute Gasteiger partial charge is 0.325 e. The topological polar surface area (TPSA) is 92.4 Å². The van der Waals surface area contributed by atoms with Crippen LogP contribution in [0.25, 0.3) is 0 Å². The van der Waals surface area contributed by atoms with Gasteiger partial charge in [-0.3, -0.25) is 10.1 Å². The lowest BCUT2D eigenvalue weighted by molar-refractivity contribution is 0.102. The number of ether oxygens (including phenoxy) is 1. The van der Waals surface area contributed by atoms with Gasteiger partial charge >= 0.3 is 6.03 Å². The van der Waals surface area contributed by atoms with Crippen LogP contribution in [0.2, 0.25) is 0 Å². The average molecular weight is 382 g/mol. The number of aromatic nitrogens is 1. The number of amides is 3. The molecule has 3 aromatic rings. The van der Waals surface area contributed by atoms with Crippen molar-refractivity contribution in [2.45, 2.75) is 6.92 Å². The minimum atomic E-state index is -0.427. The Hall–Kier alpha value is -3.39. The summed E-state index contributed by atoms with van der Waals surface area (Å²) < 4.78 is 5.49. The Balaban J connectivity index is 1.61. The van der Waals surface area contributed by atoms with Crippen LogP contribution >= 0.6 is 11.3 Å². The lowest BCUT2D eigenvalue weighted by atomic mass is 10.3. The number of carbonyl (C=O) groups is 2. The number of nitrogens with zero attached hydrogens (tertiary/aromatic N) is 1. The van der Waals surface area contributed by atoms with Crippen molar-refractivity contribution in [3.63, 3.8) is 0 Å². The highest BCUT2D eigenvalue weighted by Crippen LogP contribution is 2.25. The number of hydrogen-bond donors (Lipinski definition) is 3. The molecule has 1 heterocycles. The van der Waals surface area contributed by atoms with Crippen molar-refractivity contribution in [3.8, 4) is 5.75 Å². The van der Waals surface area contributed by atoms with Crippen LogP contribution < -0.4 is 20.7 Å². The van der Waals surface area contributed by atoms with Gasteiger partial charge in [-0.15, -0.1) is 11.3 Å². The van der Waals surface area contributed by atoms with Crippen molar-refractivity contribution in [2.24, 2.45) is 0 Å². The summed E-state index contributed by atoms with van der Waals surface area (Å²) in [5.41, 5.74) is 1.44. The molecule has 0 spiro atoms. The summed E-state index contributed by atoms with van der Waals surface area (Å²) in [6, 6.07) is 15.8. The molecule has 0 aliphatic rings. The molecule has 0 radical (unpaired) electrons. The maximum atomic E-state index is 12.4. The SMILES string of the molecule is CCOc1ccccc1NC(=O)c1csc(NC(=O)Nc2ccccc2)n1. The zero-order valence-corrected chi connectivity index (χ0v) is 15.4. The fraction of sp³-hybridized carbons (Fsp3) is 0.105. The minimum Gasteiger partial charge on any atom is -0.492 e. The number of thiazole rings is 1. The van der Waals surface area contributed by atoms with E-state index >= 15 is 0 Å². The van der Waals surface area contributed by atoms with Gasteiger partial charge in [-0.05, 0) is 31.2 Å². The number of para-hydroxylation sites is 3. The van der Waals surface area contributed by atoms with Crippen LogP contribution in [-0.4, -0.2) is 23.5 Å². The van der Waals surface area contributed by atoms with Gasteiger partial charge in [0, 0.05) is 11.1 Å². The molecule has 1 aromatic heterocycles. The van der Waals surface area contributed by atoms with Gasteiger partial charge in [0.05, 0.1) is 12.3 Å². The van der Waals surface area contributed by atoms with E-state index in [1.807, 2.05) is 31.2 Å². The third-order valence-electron chi connectivity index (χ3n) is 3.42. The number of carbonyl (C=O) groups excluding carboxylic acids is 2. The van der Waals surface area contributed by atoms with Gasteiger partial charge in [0.15, 0.2) is 5.13 Å². The molecule has 7 nitrogen and oxygen atoms in total. The number of benzene rings is 2. The maximum Gasteiger partial charge on any atom is 0.325 e. The molecule has 0 atom stereocenters. The van der Waals surface area contributed by atoms with Crippen LogP contribution in [0.5, 0.6) is 5.75 Å². The van der Waals surface area contributed by atoms with E-state index in [0.29, 0.717) is 28.9 Å². The van der Waals surface area contributed by atoms with Crippen molar-refractivity contribution in [1.29, 1.82) is 0 Å². The molecule has 138 valence electrons. The van der Waals surface area contributed by atoms with E-state index in [0.717, 1.165) is 0 Å². The third kappa shape index (κ3) is 5.05. The number of rotatable bonds is 6. The van der Waals surface area contributed by atoms with Gasteiger partial charge in [-0.25, -0.2) is 9.78 Å². The first-order valence-corrected chi connectivity index (χ1v) is 9.15. The number of nitrogens with one attached hydrogen (secondary N) is 3. The van der Waals surface area contributed by atoms with Gasteiger partial charge < -0.3 is 15.4 Å². The lowest BCUT2D eigenvalue weighted by Gasteiger charge is -2.10. The second-order valence-corrected chi connectivity index (χ2v) is 6.22. The summed E-state index contributed by atoms with van der Waals surface area (Å²) in [6.45, 7) is 2.37. The van der Waals surface area contributed by atoms with E-state index in [2.05, 4.69) is 20.9 Å². The molecule has 0 saturated heterocycles. The Labute approximate surface area is 160 Å². The van der Waals surface area contributed by atoms with Crippen LogP contribution in [-0.2, 0) is 0 Å². The second-order valence-electron chi connectivity index (χ2n) is 5.37. The number of anilines is 3. The molecule has 0 unspecified atom stereocenters. The summed E-state index contributed by atoms with van der Waals surface area (Å²) in [5, 5.41) is 9.98. The van der Waals surface area contributed by atoms with E-state index in [1.165, 1.54) is 11.3 Å². The zero-order chi connectivity index (χ0) is 19.1. The monoisotopic (exact) mass is 382 g/mol. The fourth-order valence-corrected chi connectivity index (χ4v) is 2.94. The molecule has 0 aliphatic carbocycles. The van der Waals surface area contributed by atoms with E-state index < -0.39 is 6.03 Å². The molecular formula is C19H18N4O3S. The Bertz CT molecular complexity index is 927. The van der Waals surface area contributed by atoms with E-state index in [1.54, 1.807) is 35.7 Å². The Morgan fingerprint density at radius 1 is 1.00 bits per heavy atom. The molecule has 3 rings (SSSR count). The minimum absolute atomic E-state index is 0.210. The predicted molar refractivity (Wildman–Crippen MR) is 107 cm³/mol. The maximum absolute atomic E-state index is 12.4. The number of hydrogen-bond acceptors (Lipinski definition) is 5. The van der Waals surface area contributed by atoms with Crippen LogP contribution in [0, 0.1) is 0 Å². The van der Waals surface area contributed by atoms with Crippen molar-refractivity contribution in [3.05, 3.63) is 65.7 Å².